The molecule has 1 aromatic rings. The van der Waals surface area contributed by atoms with Crippen LogP contribution in [0, 0.1) is 0 Å². The summed E-state index contributed by atoms with van der Waals surface area (Å²) < 4.78 is 5.33. The van der Waals surface area contributed by atoms with Gasteiger partial charge in [0, 0.05) is 18.3 Å². The molecule has 1 aromatic carbocycles. The van der Waals surface area contributed by atoms with E-state index < -0.39 is 0 Å². The predicted octanol–water partition coefficient (Wildman–Crippen LogP) is 3.11. The Hall–Kier alpha value is -1.39. The van der Waals surface area contributed by atoms with E-state index in [4.69, 9.17) is 4.74 Å². The Morgan fingerprint density at radius 1 is 1.25 bits per heavy atom. The summed E-state index contributed by atoms with van der Waals surface area (Å²) in [6, 6.07) is 8.12. The van der Waals surface area contributed by atoms with Crippen LogP contribution in [0.5, 0.6) is 0 Å². The molecule has 4 heteroatoms. The second kappa shape index (κ2) is 9.50. The van der Waals surface area contributed by atoms with E-state index in [0.717, 1.165) is 24.2 Å². The van der Waals surface area contributed by atoms with Gasteiger partial charge in [0.15, 0.2) is 0 Å². The third-order valence-electron chi connectivity index (χ3n) is 3.03. The van der Waals surface area contributed by atoms with Gasteiger partial charge in [0.2, 0.25) is 5.91 Å². The summed E-state index contributed by atoms with van der Waals surface area (Å²) in [6.45, 7) is 8.31. The predicted molar refractivity (Wildman–Crippen MR) is 82.9 cm³/mol. The number of hydrogen-bond donors (Lipinski definition) is 2. The van der Waals surface area contributed by atoms with Crippen LogP contribution in [0.4, 0.5) is 5.69 Å². The van der Waals surface area contributed by atoms with Gasteiger partial charge >= 0.3 is 0 Å². The molecule has 0 aliphatic heterocycles. The minimum Gasteiger partial charge on any atom is -0.381 e. The van der Waals surface area contributed by atoms with E-state index in [9.17, 15) is 4.79 Å². The van der Waals surface area contributed by atoms with E-state index in [1.54, 1.807) is 0 Å². The molecule has 112 valence electrons. The summed E-state index contributed by atoms with van der Waals surface area (Å²) in [4.78, 5) is 11.9. The number of hydrogen-bond acceptors (Lipinski definition) is 3. The van der Waals surface area contributed by atoms with Gasteiger partial charge in [-0.1, -0.05) is 32.0 Å². The monoisotopic (exact) mass is 278 g/mol. The van der Waals surface area contributed by atoms with Gasteiger partial charge in [-0.15, -0.1) is 0 Å². The molecule has 0 aliphatic rings. The van der Waals surface area contributed by atoms with Crippen molar-refractivity contribution < 1.29 is 9.53 Å². The molecule has 1 unspecified atom stereocenters. The number of para-hydroxylation sites is 1. The molecule has 0 aromatic heterocycles. The van der Waals surface area contributed by atoms with Crippen LogP contribution in [0.2, 0.25) is 0 Å². The van der Waals surface area contributed by atoms with E-state index in [1.165, 1.54) is 0 Å². The van der Waals surface area contributed by atoms with E-state index in [0.29, 0.717) is 19.6 Å². The minimum atomic E-state index is -0.00254. The first-order valence-corrected chi connectivity index (χ1v) is 7.38. The molecule has 1 amide bonds. The summed E-state index contributed by atoms with van der Waals surface area (Å²) in [5, 5.41) is 6.33. The summed E-state index contributed by atoms with van der Waals surface area (Å²) in [7, 11) is 0. The van der Waals surface area contributed by atoms with Crippen molar-refractivity contribution in [3.8, 4) is 0 Å². The number of ether oxygens (including phenoxy) is 1. The van der Waals surface area contributed by atoms with Crippen LogP contribution in [-0.2, 0) is 9.53 Å². The average molecular weight is 278 g/mol. The van der Waals surface area contributed by atoms with Gasteiger partial charge in [-0.25, -0.2) is 0 Å². The van der Waals surface area contributed by atoms with Crippen LogP contribution in [-0.4, -0.2) is 25.7 Å². The number of anilines is 1. The molecule has 0 spiro atoms. The number of benzene rings is 1. The molecule has 0 saturated heterocycles. The first-order valence-electron chi connectivity index (χ1n) is 7.38. The van der Waals surface area contributed by atoms with Crippen molar-refractivity contribution in [3.63, 3.8) is 0 Å². The molecule has 0 saturated carbocycles. The third kappa shape index (κ3) is 5.72. The van der Waals surface area contributed by atoms with E-state index in [1.807, 2.05) is 24.3 Å². The van der Waals surface area contributed by atoms with Crippen molar-refractivity contribution in [2.45, 2.75) is 39.7 Å². The Morgan fingerprint density at radius 3 is 2.70 bits per heavy atom. The Labute approximate surface area is 121 Å². The quantitative estimate of drug-likeness (QED) is 0.682. The fourth-order valence-electron chi connectivity index (χ4n) is 2.03. The second-order valence-corrected chi connectivity index (χ2v) is 4.78. The maximum absolute atomic E-state index is 11.9. The maximum Gasteiger partial charge on any atom is 0.226 e. The van der Waals surface area contributed by atoms with Crippen molar-refractivity contribution in [2.24, 2.45) is 0 Å². The Bertz CT molecular complexity index is 407. The molecule has 0 aliphatic carbocycles. The first-order chi connectivity index (χ1) is 9.69. The Kier molecular flexibility index (Phi) is 7.92. The highest BCUT2D eigenvalue weighted by Crippen LogP contribution is 2.22. The standard InChI is InChI=1S/C16H26N2O2/c1-4-11-20-12-10-16(19)18-15-9-7-6-8-14(15)13(3)17-5-2/h6-9,13,17H,4-5,10-12H2,1-3H3,(H,18,19). The molecule has 2 N–H and O–H groups in total. The number of amides is 1. The van der Waals surface area contributed by atoms with Crippen LogP contribution < -0.4 is 10.6 Å². The smallest absolute Gasteiger partial charge is 0.226 e. The van der Waals surface area contributed by atoms with Crippen LogP contribution >= 0.6 is 0 Å². The van der Waals surface area contributed by atoms with E-state index >= 15 is 0 Å². The summed E-state index contributed by atoms with van der Waals surface area (Å²) in [5.74, 6) is -0.00254. The zero-order valence-corrected chi connectivity index (χ0v) is 12.7. The Balaban J connectivity index is 2.56. The molecule has 0 fully saturated rings. The summed E-state index contributed by atoms with van der Waals surface area (Å²) >= 11 is 0. The zero-order chi connectivity index (χ0) is 14.8. The number of rotatable bonds is 9. The molecular formula is C16H26N2O2. The van der Waals surface area contributed by atoms with Crippen LogP contribution in [0.3, 0.4) is 0 Å². The van der Waals surface area contributed by atoms with Crippen molar-refractivity contribution in [1.29, 1.82) is 0 Å². The lowest BCUT2D eigenvalue weighted by Crippen LogP contribution is -2.21. The van der Waals surface area contributed by atoms with Gasteiger partial charge in [-0.2, -0.15) is 0 Å². The van der Waals surface area contributed by atoms with Gasteiger partial charge < -0.3 is 15.4 Å². The lowest BCUT2D eigenvalue weighted by Gasteiger charge is -2.17. The average Bonchev–Trinajstić information content (AvgIpc) is 2.44. The van der Waals surface area contributed by atoms with Gasteiger partial charge in [0.25, 0.3) is 0 Å². The summed E-state index contributed by atoms with van der Waals surface area (Å²) in [5.41, 5.74) is 1.98. The molecule has 0 radical (unpaired) electrons. The Morgan fingerprint density at radius 2 is 2.00 bits per heavy atom. The zero-order valence-electron chi connectivity index (χ0n) is 12.7. The largest absolute Gasteiger partial charge is 0.381 e. The topological polar surface area (TPSA) is 50.4 Å². The SMILES string of the molecule is CCCOCCC(=O)Nc1ccccc1C(C)NCC. The highest BCUT2D eigenvalue weighted by Gasteiger charge is 2.11. The highest BCUT2D eigenvalue weighted by molar-refractivity contribution is 5.91. The molecule has 1 atom stereocenters. The first kappa shape index (κ1) is 16.7. The third-order valence-corrected chi connectivity index (χ3v) is 3.03. The molecular weight excluding hydrogens is 252 g/mol. The van der Waals surface area contributed by atoms with Gasteiger partial charge in [0.1, 0.15) is 0 Å². The van der Waals surface area contributed by atoms with Crippen molar-refractivity contribution in [3.05, 3.63) is 29.8 Å². The van der Waals surface area contributed by atoms with Crippen molar-refractivity contribution in [1.82, 2.24) is 5.32 Å². The van der Waals surface area contributed by atoms with E-state index in [2.05, 4.69) is 31.4 Å². The fourth-order valence-corrected chi connectivity index (χ4v) is 2.03. The highest BCUT2D eigenvalue weighted by atomic mass is 16.5. The lowest BCUT2D eigenvalue weighted by atomic mass is 10.1. The normalized spacial score (nSPS) is 12.2. The maximum atomic E-state index is 11.9. The number of carbonyl (C=O) groups excluding carboxylic acids is 1. The molecule has 20 heavy (non-hydrogen) atoms. The van der Waals surface area contributed by atoms with Gasteiger partial charge in [-0.3, -0.25) is 4.79 Å². The second-order valence-electron chi connectivity index (χ2n) is 4.78. The van der Waals surface area contributed by atoms with E-state index in [-0.39, 0.29) is 11.9 Å². The molecule has 1 rings (SSSR count). The lowest BCUT2D eigenvalue weighted by molar-refractivity contribution is -0.117. The number of carbonyl (C=O) groups is 1. The molecule has 4 nitrogen and oxygen atoms in total. The molecule has 0 bridgehead atoms. The number of nitrogens with one attached hydrogen (secondary N) is 2. The van der Waals surface area contributed by atoms with Crippen LogP contribution in [0.25, 0.3) is 0 Å². The minimum absolute atomic E-state index is 0.00254. The van der Waals surface area contributed by atoms with Crippen molar-refractivity contribution >= 4 is 11.6 Å². The van der Waals surface area contributed by atoms with Crippen molar-refractivity contribution in [2.75, 3.05) is 25.1 Å². The van der Waals surface area contributed by atoms with Crippen LogP contribution in [0.15, 0.2) is 24.3 Å². The van der Waals surface area contributed by atoms with Crippen LogP contribution in [0.1, 0.15) is 45.2 Å². The summed E-state index contributed by atoms with van der Waals surface area (Å²) in [6.07, 6.45) is 1.37. The van der Waals surface area contributed by atoms with Gasteiger partial charge in [0.05, 0.1) is 13.0 Å². The fraction of sp³-hybridized carbons (Fsp3) is 0.562. The van der Waals surface area contributed by atoms with Gasteiger partial charge in [-0.05, 0) is 31.5 Å². The molecule has 0 heterocycles.